The van der Waals surface area contributed by atoms with E-state index in [-0.39, 0.29) is 0 Å². The van der Waals surface area contributed by atoms with Crippen LogP contribution in [0.3, 0.4) is 0 Å². The number of pyridine rings is 2. The predicted octanol–water partition coefficient (Wildman–Crippen LogP) is 4.26. The standard InChI is InChI=1S/C22H19N5/c1-2-8-17(9-3-1)12-15-25-21-16-20(18-10-4-6-13-23-18)26-22(27-21)19-11-5-7-14-24-19/h1-11,13-14,16H,12,15H2,(H,25,26,27). The molecule has 4 aromatic rings. The molecule has 4 rings (SSSR count). The minimum absolute atomic E-state index is 0.584. The van der Waals surface area contributed by atoms with E-state index in [1.807, 2.05) is 48.5 Å². The van der Waals surface area contributed by atoms with Gasteiger partial charge in [0.2, 0.25) is 0 Å². The van der Waals surface area contributed by atoms with E-state index in [0.717, 1.165) is 35.9 Å². The van der Waals surface area contributed by atoms with Gasteiger partial charge in [-0.2, -0.15) is 0 Å². The fraction of sp³-hybridized carbons (Fsp3) is 0.0909. The summed E-state index contributed by atoms with van der Waals surface area (Å²) in [7, 11) is 0. The molecule has 1 aromatic carbocycles. The lowest BCUT2D eigenvalue weighted by Crippen LogP contribution is -2.08. The monoisotopic (exact) mass is 353 g/mol. The van der Waals surface area contributed by atoms with Gasteiger partial charge in [-0.15, -0.1) is 0 Å². The molecule has 0 fully saturated rings. The first-order valence-electron chi connectivity index (χ1n) is 8.88. The van der Waals surface area contributed by atoms with Crippen LogP contribution in [0.25, 0.3) is 22.9 Å². The van der Waals surface area contributed by atoms with E-state index in [2.05, 4.69) is 49.5 Å². The van der Waals surface area contributed by atoms with E-state index in [1.165, 1.54) is 5.56 Å². The Morgan fingerprint density at radius 1 is 0.667 bits per heavy atom. The number of anilines is 1. The molecule has 0 aliphatic rings. The molecule has 27 heavy (non-hydrogen) atoms. The van der Waals surface area contributed by atoms with E-state index in [4.69, 9.17) is 0 Å². The number of hydrogen-bond donors (Lipinski definition) is 1. The largest absolute Gasteiger partial charge is 0.370 e. The Balaban J connectivity index is 1.62. The molecule has 0 unspecified atom stereocenters. The third kappa shape index (κ3) is 4.33. The Morgan fingerprint density at radius 3 is 2.07 bits per heavy atom. The molecule has 0 radical (unpaired) electrons. The zero-order chi connectivity index (χ0) is 18.3. The average Bonchev–Trinajstić information content (AvgIpc) is 2.76. The summed E-state index contributed by atoms with van der Waals surface area (Å²) < 4.78 is 0. The Labute approximate surface area is 158 Å². The van der Waals surface area contributed by atoms with Crippen molar-refractivity contribution in [2.45, 2.75) is 6.42 Å². The van der Waals surface area contributed by atoms with Gasteiger partial charge in [0.1, 0.15) is 11.5 Å². The molecule has 0 amide bonds. The molecule has 132 valence electrons. The third-order valence-electron chi connectivity index (χ3n) is 4.11. The topological polar surface area (TPSA) is 63.6 Å². The van der Waals surface area contributed by atoms with Crippen LogP contribution in [0.2, 0.25) is 0 Å². The molecule has 0 bridgehead atoms. The Bertz CT molecular complexity index is 931. The van der Waals surface area contributed by atoms with Crippen molar-refractivity contribution < 1.29 is 0 Å². The van der Waals surface area contributed by atoms with Gasteiger partial charge in [0.25, 0.3) is 0 Å². The van der Waals surface area contributed by atoms with Crippen molar-refractivity contribution in [1.82, 2.24) is 19.9 Å². The number of nitrogens with one attached hydrogen (secondary N) is 1. The first-order valence-corrected chi connectivity index (χ1v) is 8.88. The molecule has 0 spiro atoms. The van der Waals surface area contributed by atoms with Crippen molar-refractivity contribution in [1.29, 1.82) is 0 Å². The van der Waals surface area contributed by atoms with Crippen molar-refractivity contribution in [3.05, 3.63) is 90.8 Å². The summed E-state index contributed by atoms with van der Waals surface area (Å²) in [5.74, 6) is 1.35. The van der Waals surface area contributed by atoms with Crippen LogP contribution in [0.4, 0.5) is 5.82 Å². The molecule has 3 heterocycles. The van der Waals surface area contributed by atoms with Crippen LogP contribution in [0, 0.1) is 0 Å². The quantitative estimate of drug-likeness (QED) is 0.561. The van der Waals surface area contributed by atoms with Crippen molar-refractivity contribution in [3.63, 3.8) is 0 Å². The summed E-state index contributed by atoms with van der Waals surface area (Å²) >= 11 is 0. The van der Waals surface area contributed by atoms with Crippen molar-refractivity contribution in [2.75, 3.05) is 11.9 Å². The zero-order valence-electron chi connectivity index (χ0n) is 14.8. The number of nitrogens with zero attached hydrogens (tertiary/aromatic N) is 4. The number of rotatable bonds is 6. The van der Waals surface area contributed by atoms with Crippen molar-refractivity contribution in [2.24, 2.45) is 0 Å². The van der Waals surface area contributed by atoms with Gasteiger partial charge in [-0.05, 0) is 36.2 Å². The van der Waals surface area contributed by atoms with Gasteiger partial charge in [0.15, 0.2) is 5.82 Å². The Kier molecular flexibility index (Phi) is 5.11. The Morgan fingerprint density at radius 2 is 1.37 bits per heavy atom. The van der Waals surface area contributed by atoms with E-state index in [9.17, 15) is 0 Å². The fourth-order valence-corrected chi connectivity index (χ4v) is 2.77. The summed E-state index contributed by atoms with van der Waals surface area (Å²) in [5.41, 5.74) is 3.60. The molecule has 0 saturated carbocycles. The van der Waals surface area contributed by atoms with Gasteiger partial charge < -0.3 is 5.32 Å². The van der Waals surface area contributed by atoms with Gasteiger partial charge in [0, 0.05) is 25.0 Å². The second-order valence-corrected chi connectivity index (χ2v) is 6.05. The third-order valence-corrected chi connectivity index (χ3v) is 4.11. The molecule has 5 heteroatoms. The van der Waals surface area contributed by atoms with Crippen LogP contribution in [0.15, 0.2) is 85.2 Å². The molecule has 0 aliphatic heterocycles. The molecule has 5 nitrogen and oxygen atoms in total. The maximum absolute atomic E-state index is 4.66. The van der Waals surface area contributed by atoms with Gasteiger partial charge >= 0.3 is 0 Å². The van der Waals surface area contributed by atoms with Crippen LogP contribution in [0.1, 0.15) is 5.56 Å². The van der Waals surface area contributed by atoms with Gasteiger partial charge in [-0.25, -0.2) is 9.97 Å². The predicted molar refractivity (Wildman–Crippen MR) is 107 cm³/mol. The average molecular weight is 353 g/mol. The second kappa shape index (κ2) is 8.19. The van der Waals surface area contributed by atoms with Crippen LogP contribution in [0.5, 0.6) is 0 Å². The van der Waals surface area contributed by atoms with Crippen LogP contribution >= 0.6 is 0 Å². The SMILES string of the molecule is c1ccc(CCNc2cc(-c3ccccn3)nc(-c3ccccn3)n2)cc1. The zero-order valence-corrected chi connectivity index (χ0v) is 14.8. The van der Waals surface area contributed by atoms with Gasteiger partial charge in [-0.3, -0.25) is 9.97 Å². The van der Waals surface area contributed by atoms with E-state index in [1.54, 1.807) is 12.4 Å². The van der Waals surface area contributed by atoms with Crippen LogP contribution < -0.4 is 5.32 Å². The molecule has 0 saturated heterocycles. The van der Waals surface area contributed by atoms with Gasteiger partial charge in [-0.1, -0.05) is 42.5 Å². The number of benzene rings is 1. The molecular formula is C22H19N5. The Hall–Kier alpha value is -3.60. The highest BCUT2D eigenvalue weighted by atomic mass is 15.0. The van der Waals surface area contributed by atoms with E-state index >= 15 is 0 Å². The highest BCUT2D eigenvalue weighted by Crippen LogP contribution is 2.22. The highest BCUT2D eigenvalue weighted by molar-refractivity contribution is 5.63. The smallest absolute Gasteiger partial charge is 0.180 e. The van der Waals surface area contributed by atoms with Crippen molar-refractivity contribution >= 4 is 5.82 Å². The number of aromatic nitrogens is 4. The summed E-state index contributed by atoms with van der Waals surface area (Å²) in [5, 5.41) is 3.41. The molecule has 1 N–H and O–H groups in total. The minimum atomic E-state index is 0.584. The molecule has 0 aliphatic carbocycles. The lowest BCUT2D eigenvalue weighted by atomic mass is 10.1. The van der Waals surface area contributed by atoms with Gasteiger partial charge in [0.05, 0.1) is 11.4 Å². The first-order chi connectivity index (χ1) is 13.4. The highest BCUT2D eigenvalue weighted by Gasteiger charge is 2.10. The maximum atomic E-state index is 4.66. The van der Waals surface area contributed by atoms with Crippen molar-refractivity contribution in [3.8, 4) is 22.9 Å². The lowest BCUT2D eigenvalue weighted by Gasteiger charge is -2.10. The molecule has 3 aromatic heterocycles. The van der Waals surface area contributed by atoms with E-state index in [0.29, 0.717) is 5.82 Å². The second-order valence-electron chi connectivity index (χ2n) is 6.05. The normalized spacial score (nSPS) is 10.5. The summed E-state index contributed by atoms with van der Waals surface area (Å²) in [6.45, 7) is 0.782. The summed E-state index contributed by atoms with van der Waals surface area (Å²) in [6, 6.07) is 23.8. The molecular weight excluding hydrogens is 334 g/mol. The maximum Gasteiger partial charge on any atom is 0.180 e. The van der Waals surface area contributed by atoms with Crippen LogP contribution in [-0.2, 0) is 6.42 Å². The number of hydrogen-bond acceptors (Lipinski definition) is 5. The molecule has 0 atom stereocenters. The lowest BCUT2D eigenvalue weighted by molar-refractivity contribution is 0.999. The first kappa shape index (κ1) is 16.8. The minimum Gasteiger partial charge on any atom is -0.370 e. The van der Waals surface area contributed by atoms with E-state index < -0.39 is 0 Å². The summed E-state index contributed by atoms with van der Waals surface area (Å²) in [6.07, 6.45) is 4.43. The fourth-order valence-electron chi connectivity index (χ4n) is 2.77. The summed E-state index contributed by atoms with van der Waals surface area (Å²) in [4.78, 5) is 18.1. The van der Waals surface area contributed by atoms with Crippen LogP contribution in [-0.4, -0.2) is 26.5 Å².